The molecule has 0 aromatic heterocycles. The summed E-state index contributed by atoms with van der Waals surface area (Å²) in [7, 11) is 0. The van der Waals surface area contributed by atoms with Crippen molar-refractivity contribution in [2.24, 2.45) is 17.4 Å². The SMILES string of the molecule is Cl.NCC1CCN(Cc2ccc(C(N)=O)cc2[N+](=O)[O-])C1. The average Bonchev–Trinajstić information content (AvgIpc) is 2.86. The van der Waals surface area contributed by atoms with E-state index in [0.29, 0.717) is 24.6 Å². The van der Waals surface area contributed by atoms with Crippen LogP contribution in [0.25, 0.3) is 0 Å². The number of carbonyl (C=O) groups is 1. The first-order chi connectivity index (χ1) is 9.51. The van der Waals surface area contributed by atoms with E-state index < -0.39 is 10.8 Å². The van der Waals surface area contributed by atoms with Crippen molar-refractivity contribution >= 4 is 24.0 Å². The molecule has 0 bridgehead atoms. The average molecular weight is 315 g/mol. The Balaban J connectivity index is 0.00000220. The quantitative estimate of drug-likeness (QED) is 0.618. The maximum Gasteiger partial charge on any atom is 0.274 e. The Morgan fingerprint density at radius 1 is 1.48 bits per heavy atom. The third-order valence-corrected chi connectivity index (χ3v) is 3.66. The molecule has 1 saturated heterocycles. The molecule has 1 aromatic carbocycles. The molecule has 1 amide bonds. The fourth-order valence-corrected chi connectivity index (χ4v) is 2.51. The molecule has 1 unspecified atom stereocenters. The highest BCUT2D eigenvalue weighted by atomic mass is 35.5. The van der Waals surface area contributed by atoms with Crippen LogP contribution in [-0.2, 0) is 6.54 Å². The van der Waals surface area contributed by atoms with Crippen molar-refractivity contribution in [1.82, 2.24) is 4.90 Å². The molecule has 1 aliphatic heterocycles. The number of nitrogens with two attached hydrogens (primary N) is 2. The van der Waals surface area contributed by atoms with E-state index in [-0.39, 0.29) is 23.7 Å². The van der Waals surface area contributed by atoms with Crippen LogP contribution in [0.5, 0.6) is 0 Å². The monoisotopic (exact) mass is 314 g/mol. The Bertz CT molecular complexity index is 538. The molecule has 0 radical (unpaired) electrons. The lowest BCUT2D eigenvalue weighted by molar-refractivity contribution is -0.385. The van der Waals surface area contributed by atoms with Gasteiger partial charge in [-0.25, -0.2) is 0 Å². The minimum atomic E-state index is -0.663. The molecule has 8 heteroatoms. The highest BCUT2D eigenvalue weighted by Gasteiger charge is 2.24. The van der Waals surface area contributed by atoms with Crippen molar-refractivity contribution in [1.29, 1.82) is 0 Å². The Labute approximate surface area is 128 Å². The number of likely N-dealkylation sites (tertiary alicyclic amines) is 1. The summed E-state index contributed by atoms with van der Waals surface area (Å²) in [4.78, 5) is 23.9. The fraction of sp³-hybridized carbons (Fsp3) is 0.462. The molecule has 1 heterocycles. The van der Waals surface area contributed by atoms with Gasteiger partial charge in [0.2, 0.25) is 5.91 Å². The summed E-state index contributed by atoms with van der Waals surface area (Å²) >= 11 is 0. The standard InChI is InChI=1S/C13H18N4O3.ClH/c14-6-9-3-4-16(7-9)8-11-2-1-10(13(15)18)5-12(11)17(19)20;/h1-2,5,9H,3-4,6-8,14H2,(H2,15,18);1H. The Kier molecular flexibility index (Phi) is 6.07. The molecule has 1 aliphatic rings. The van der Waals surface area contributed by atoms with Crippen LogP contribution in [0.15, 0.2) is 18.2 Å². The first-order valence-electron chi connectivity index (χ1n) is 6.50. The van der Waals surface area contributed by atoms with Crippen LogP contribution < -0.4 is 11.5 Å². The van der Waals surface area contributed by atoms with Crippen LogP contribution in [0.4, 0.5) is 5.69 Å². The molecule has 0 aliphatic carbocycles. The lowest BCUT2D eigenvalue weighted by Gasteiger charge is -2.15. The first kappa shape index (κ1) is 17.4. The van der Waals surface area contributed by atoms with E-state index >= 15 is 0 Å². The number of carbonyl (C=O) groups excluding carboxylic acids is 1. The Morgan fingerprint density at radius 3 is 2.71 bits per heavy atom. The summed E-state index contributed by atoms with van der Waals surface area (Å²) in [5.74, 6) is -0.206. The second-order valence-corrected chi connectivity index (χ2v) is 5.09. The highest BCUT2D eigenvalue weighted by Crippen LogP contribution is 2.24. The first-order valence-corrected chi connectivity index (χ1v) is 6.50. The molecule has 7 nitrogen and oxygen atoms in total. The van der Waals surface area contributed by atoms with Gasteiger partial charge in [-0.3, -0.25) is 19.8 Å². The number of nitro benzene ring substituents is 1. The predicted octanol–water partition coefficient (Wildman–Crippen LogP) is 0.896. The largest absolute Gasteiger partial charge is 0.366 e. The maximum atomic E-state index is 11.1. The van der Waals surface area contributed by atoms with E-state index in [2.05, 4.69) is 4.90 Å². The molecule has 1 atom stereocenters. The van der Waals surface area contributed by atoms with Crippen molar-refractivity contribution in [3.8, 4) is 0 Å². The Hall–Kier alpha value is -1.70. The summed E-state index contributed by atoms with van der Waals surface area (Å²) in [6, 6.07) is 4.38. The summed E-state index contributed by atoms with van der Waals surface area (Å²) < 4.78 is 0. The van der Waals surface area contributed by atoms with Gasteiger partial charge in [-0.1, -0.05) is 6.07 Å². The summed E-state index contributed by atoms with van der Waals surface area (Å²) in [6.07, 6.45) is 1.02. The van der Waals surface area contributed by atoms with E-state index in [1.807, 2.05) is 0 Å². The van der Waals surface area contributed by atoms with Crippen molar-refractivity contribution in [2.75, 3.05) is 19.6 Å². The number of amides is 1. The van der Waals surface area contributed by atoms with E-state index in [0.717, 1.165) is 19.5 Å². The number of nitrogens with zero attached hydrogens (tertiary/aromatic N) is 2. The van der Waals surface area contributed by atoms with Gasteiger partial charge in [-0.15, -0.1) is 12.4 Å². The van der Waals surface area contributed by atoms with Gasteiger partial charge in [0.05, 0.1) is 4.92 Å². The highest BCUT2D eigenvalue weighted by molar-refractivity contribution is 5.93. The van der Waals surface area contributed by atoms with Crippen molar-refractivity contribution in [2.45, 2.75) is 13.0 Å². The number of hydrogen-bond donors (Lipinski definition) is 2. The van der Waals surface area contributed by atoms with E-state index in [1.54, 1.807) is 6.07 Å². The number of nitro groups is 1. The smallest absolute Gasteiger partial charge is 0.274 e. The number of halogens is 1. The van der Waals surface area contributed by atoms with Crippen molar-refractivity contribution in [3.63, 3.8) is 0 Å². The van der Waals surface area contributed by atoms with Crippen LogP contribution >= 0.6 is 12.4 Å². The zero-order valence-electron chi connectivity index (χ0n) is 11.5. The van der Waals surface area contributed by atoms with Crippen LogP contribution in [0.1, 0.15) is 22.3 Å². The zero-order chi connectivity index (χ0) is 14.7. The molecule has 1 aromatic rings. The number of primary amides is 1. The topological polar surface area (TPSA) is 115 Å². The molecule has 21 heavy (non-hydrogen) atoms. The molecule has 0 spiro atoms. The lowest BCUT2D eigenvalue weighted by Crippen LogP contribution is -2.23. The van der Waals surface area contributed by atoms with Gasteiger partial charge in [-0.2, -0.15) is 0 Å². The van der Waals surface area contributed by atoms with Crippen LogP contribution in [0, 0.1) is 16.0 Å². The third kappa shape index (κ3) is 4.13. The van der Waals surface area contributed by atoms with Gasteiger partial charge in [0.15, 0.2) is 0 Å². The Morgan fingerprint density at radius 2 is 2.19 bits per heavy atom. The van der Waals surface area contributed by atoms with E-state index in [9.17, 15) is 14.9 Å². The predicted molar refractivity (Wildman–Crippen MR) is 81.3 cm³/mol. The molecule has 4 N–H and O–H groups in total. The van der Waals surface area contributed by atoms with Gasteiger partial charge in [0.25, 0.3) is 5.69 Å². The van der Waals surface area contributed by atoms with Crippen LogP contribution in [0.3, 0.4) is 0 Å². The van der Waals surface area contributed by atoms with Gasteiger partial charge in [-0.05, 0) is 31.5 Å². The van der Waals surface area contributed by atoms with Crippen LogP contribution in [-0.4, -0.2) is 35.4 Å². The molecule has 1 fully saturated rings. The second-order valence-electron chi connectivity index (χ2n) is 5.09. The molecular weight excluding hydrogens is 296 g/mol. The zero-order valence-corrected chi connectivity index (χ0v) is 12.3. The normalized spacial score (nSPS) is 18.2. The fourth-order valence-electron chi connectivity index (χ4n) is 2.51. The summed E-state index contributed by atoms with van der Waals surface area (Å²) in [5.41, 5.74) is 11.5. The van der Waals surface area contributed by atoms with Gasteiger partial charge < -0.3 is 11.5 Å². The van der Waals surface area contributed by atoms with Gasteiger partial charge in [0, 0.05) is 30.3 Å². The molecule has 0 saturated carbocycles. The summed E-state index contributed by atoms with van der Waals surface area (Å²) in [5, 5.41) is 11.1. The van der Waals surface area contributed by atoms with E-state index in [1.165, 1.54) is 12.1 Å². The van der Waals surface area contributed by atoms with Crippen LogP contribution in [0.2, 0.25) is 0 Å². The lowest BCUT2D eigenvalue weighted by atomic mass is 10.1. The summed E-state index contributed by atoms with van der Waals surface area (Å²) in [6.45, 7) is 2.87. The van der Waals surface area contributed by atoms with Crippen molar-refractivity contribution < 1.29 is 9.72 Å². The minimum absolute atomic E-state index is 0. The molecule has 2 rings (SSSR count). The number of rotatable bonds is 5. The number of hydrogen-bond acceptors (Lipinski definition) is 5. The molecule has 116 valence electrons. The van der Waals surface area contributed by atoms with Gasteiger partial charge >= 0.3 is 0 Å². The van der Waals surface area contributed by atoms with Gasteiger partial charge in [0.1, 0.15) is 0 Å². The van der Waals surface area contributed by atoms with E-state index in [4.69, 9.17) is 11.5 Å². The van der Waals surface area contributed by atoms with Crippen molar-refractivity contribution in [3.05, 3.63) is 39.4 Å². The second kappa shape index (κ2) is 7.35. The molecular formula is C13H19ClN4O3. The maximum absolute atomic E-state index is 11.1. The minimum Gasteiger partial charge on any atom is -0.366 e. The number of benzene rings is 1. The third-order valence-electron chi connectivity index (χ3n) is 3.66.